The van der Waals surface area contributed by atoms with Crippen molar-refractivity contribution in [1.29, 1.82) is 0 Å². The van der Waals surface area contributed by atoms with E-state index in [1.54, 1.807) is 6.92 Å². The highest BCUT2D eigenvalue weighted by Gasteiger charge is 2.42. The summed E-state index contributed by atoms with van der Waals surface area (Å²) in [5, 5.41) is 0.674. The molecule has 0 bridgehead atoms. The molecule has 0 saturated carbocycles. The minimum Gasteiger partial charge on any atom is -0.437 e. The van der Waals surface area contributed by atoms with Crippen LogP contribution in [0.25, 0.3) is 0 Å². The van der Waals surface area contributed by atoms with Crippen LogP contribution in [0.15, 0.2) is 18.2 Å². The van der Waals surface area contributed by atoms with E-state index in [0.29, 0.717) is 37.7 Å². The Bertz CT molecular complexity index is 960. The molecule has 36 heavy (non-hydrogen) atoms. The number of benzene rings is 1. The molecule has 4 rings (SSSR count). The Morgan fingerprint density at radius 3 is 2.28 bits per heavy atom. The highest BCUT2D eigenvalue weighted by Crippen LogP contribution is 2.43. The molecule has 1 atom stereocenters. The van der Waals surface area contributed by atoms with Crippen molar-refractivity contribution in [3.05, 3.63) is 28.8 Å². The van der Waals surface area contributed by atoms with Gasteiger partial charge in [0.2, 0.25) is 5.91 Å². The number of amides is 2. The van der Waals surface area contributed by atoms with E-state index < -0.39 is 18.4 Å². The minimum absolute atomic E-state index is 0.139. The number of hydrogen-bond acceptors (Lipinski definition) is 5. The van der Waals surface area contributed by atoms with Gasteiger partial charge in [0, 0.05) is 76.5 Å². The van der Waals surface area contributed by atoms with Crippen molar-refractivity contribution in [2.45, 2.75) is 51.9 Å². The molecule has 3 heterocycles. The summed E-state index contributed by atoms with van der Waals surface area (Å²) in [7, 11) is 0. The van der Waals surface area contributed by atoms with E-state index >= 15 is 0 Å². The number of nitrogens with zero attached hydrogens (tertiary/aromatic N) is 4. The quantitative estimate of drug-likeness (QED) is 0.578. The Morgan fingerprint density at radius 2 is 1.67 bits per heavy atom. The molecule has 0 N–H and O–H groups in total. The third kappa shape index (κ3) is 6.19. The van der Waals surface area contributed by atoms with E-state index in [1.807, 2.05) is 23.1 Å². The zero-order valence-electron chi connectivity index (χ0n) is 20.8. The molecule has 7 nitrogen and oxygen atoms in total. The zero-order valence-corrected chi connectivity index (χ0v) is 21.6. The van der Waals surface area contributed by atoms with Gasteiger partial charge < -0.3 is 19.4 Å². The molecule has 1 spiro atoms. The Labute approximate surface area is 215 Å². The van der Waals surface area contributed by atoms with Gasteiger partial charge in [-0.3, -0.25) is 9.69 Å². The van der Waals surface area contributed by atoms with Crippen LogP contribution in [0.3, 0.4) is 0 Å². The Hall–Kier alpha value is -2.20. The van der Waals surface area contributed by atoms with Gasteiger partial charge in [-0.25, -0.2) is 4.79 Å². The van der Waals surface area contributed by atoms with Gasteiger partial charge in [0.1, 0.15) is 0 Å². The summed E-state index contributed by atoms with van der Waals surface area (Å²) < 4.78 is 42.7. The predicted octanol–water partition coefficient (Wildman–Crippen LogP) is 4.38. The van der Waals surface area contributed by atoms with Gasteiger partial charge in [0.05, 0.1) is 0 Å². The number of alkyl halides is 3. The Morgan fingerprint density at radius 1 is 1.03 bits per heavy atom. The summed E-state index contributed by atoms with van der Waals surface area (Å²) in [4.78, 5) is 31.7. The number of ether oxygens (including phenoxy) is 1. The van der Waals surface area contributed by atoms with Crippen molar-refractivity contribution >= 4 is 29.3 Å². The van der Waals surface area contributed by atoms with E-state index in [4.69, 9.17) is 11.6 Å². The monoisotopic (exact) mass is 530 g/mol. The lowest BCUT2D eigenvalue weighted by Crippen LogP contribution is -2.49. The van der Waals surface area contributed by atoms with Crippen molar-refractivity contribution in [2.24, 2.45) is 5.41 Å². The first-order chi connectivity index (χ1) is 17.0. The third-order valence-corrected chi connectivity index (χ3v) is 8.09. The number of hydrogen-bond donors (Lipinski definition) is 0. The average Bonchev–Trinajstić information content (AvgIpc) is 3.23. The smallest absolute Gasteiger partial charge is 0.425 e. The summed E-state index contributed by atoms with van der Waals surface area (Å²) in [6, 6.07) is 5.92. The summed E-state index contributed by atoms with van der Waals surface area (Å²) in [6.45, 7) is 8.32. The molecular formula is C25H34ClF3N4O3. The molecule has 0 aliphatic carbocycles. The third-order valence-electron chi connectivity index (χ3n) is 7.86. The number of carbonyl (C=O) groups excluding carboxylic acids is 2. The largest absolute Gasteiger partial charge is 0.437 e. The maximum atomic E-state index is 12.7. The van der Waals surface area contributed by atoms with Gasteiger partial charge in [0.15, 0.2) is 6.10 Å². The molecule has 0 radical (unpaired) electrons. The van der Waals surface area contributed by atoms with Crippen LogP contribution in [-0.4, -0.2) is 91.3 Å². The van der Waals surface area contributed by atoms with Crippen molar-refractivity contribution in [2.75, 3.05) is 57.3 Å². The van der Waals surface area contributed by atoms with Crippen molar-refractivity contribution in [1.82, 2.24) is 14.7 Å². The normalized spacial score (nSPS) is 21.7. The van der Waals surface area contributed by atoms with Gasteiger partial charge in [-0.1, -0.05) is 17.7 Å². The second-order valence-electron chi connectivity index (χ2n) is 10.3. The first-order valence-electron chi connectivity index (χ1n) is 12.5. The fraction of sp³-hybridized carbons (Fsp3) is 0.680. The van der Waals surface area contributed by atoms with Gasteiger partial charge in [-0.15, -0.1) is 0 Å². The zero-order chi connectivity index (χ0) is 26.1. The van der Waals surface area contributed by atoms with Crippen LogP contribution < -0.4 is 4.90 Å². The first-order valence-corrected chi connectivity index (χ1v) is 12.9. The highest BCUT2D eigenvalue weighted by molar-refractivity contribution is 6.30. The number of piperidine rings is 1. The molecule has 2 amide bonds. The van der Waals surface area contributed by atoms with Crippen LogP contribution >= 0.6 is 11.6 Å². The fourth-order valence-electron chi connectivity index (χ4n) is 5.43. The standard InChI is InChI=1S/C25H34ClF3N4O3/c1-18(25(27,28)29)36-23(35)32-13-11-30(12-14-32)16-20-3-4-21(26)15-22(20)33-10-7-24(17-33)5-8-31(9-6-24)19(2)34/h3-4,15,18H,5-14,16-17H2,1-2H3. The highest BCUT2D eigenvalue weighted by atomic mass is 35.5. The van der Waals surface area contributed by atoms with E-state index in [2.05, 4.69) is 14.5 Å². The molecule has 3 saturated heterocycles. The molecular weight excluding hydrogens is 497 g/mol. The van der Waals surface area contributed by atoms with E-state index in [1.165, 1.54) is 4.90 Å². The predicted molar refractivity (Wildman–Crippen MR) is 131 cm³/mol. The minimum atomic E-state index is -4.57. The maximum absolute atomic E-state index is 12.7. The van der Waals surface area contributed by atoms with Crippen LogP contribution in [0, 0.1) is 5.41 Å². The van der Waals surface area contributed by atoms with Crippen LogP contribution in [-0.2, 0) is 16.1 Å². The van der Waals surface area contributed by atoms with Crippen molar-refractivity contribution < 1.29 is 27.5 Å². The van der Waals surface area contributed by atoms with Crippen LogP contribution in [0.4, 0.5) is 23.7 Å². The second kappa shape index (κ2) is 10.7. The van der Waals surface area contributed by atoms with Gasteiger partial charge >= 0.3 is 12.3 Å². The second-order valence-corrected chi connectivity index (χ2v) is 10.7. The summed E-state index contributed by atoms with van der Waals surface area (Å²) >= 11 is 6.37. The maximum Gasteiger partial charge on any atom is 0.425 e. The van der Waals surface area contributed by atoms with Gasteiger partial charge in [-0.2, -0.15) is 13.2 Å². The van der Waals surface area contributed by atoms with E-state index in [9.17, 15) is 22.8 Å². The molecule has 1 aromatic carbocycles. The van der Waals surface area contributed by atoms with Crippen LogP contribution in [0.5, 0.6) is 0 Å². The van der Waals surface area contributed by atoms with E-state index in [0.717, 1.165) is 63.6 Å². The number of rotatable bonds is 4. The number of halogens is 4. The summed E-state index contributed by atoms with van der Waals surface area (Å²) in [6.07, 6.45) is -4.53. The molecule has 1 aromatic rings. The van der Waals surface area contributed by atoms with E-state index in [-0.39, 0.29) is 11.3 Å². The average molecular weight is 531 g/mol. The lowest BCUT2D eigenvalue weighted by Gasteiger charge is -2.39. The van der Waals surface area contributed by atoms with Gasteiger partial charge in [0.25, 0.3) is 0 Å². The van der Waals surface area contributed by atoms with Crippen molar-refractivity contribution in [3.63, 3.8) is 0 Å². The molecule has 1 unspecified atom stereocenters. The number of carbonyl (C=O) groups is 2. The van der Waals surface area contributed by atoms with Crippen LogP contribution in [0.2, 0.25) is 5.02 Å². The SMILES string of the molecule is CC(=O)N1CCC2(CC1)CCN(c1cc(Cl)ccc1CN1CCN(C(=O)OC(C)C(F)(F)F)CC1)C2. The summed E-state index contributed by atoms with van der Waals surface area (Å²) in [5.74, 6) is 0.139. The number of piperazine rings is 1. The molecule has 3 aliphatic heterocycles. The first kappa shape index (κ1) is 26.9. The fourth-order valence-corrected chi connectivity index (χ4v) is 5.60. The number of anilines is 1. The molecule has 11 heteroatoms. The summed E-state index contributed by atoms with van der Waals surface area (Å²) in [5.41, 5.74) is 2.46. The Kier molecular flexibility index (Phi) is 7.95. The lowest BCUT2D eigenvalue weighted by atomic mass is 9.78. The van der Waals surface area contributed by atoms with Gasteiger partial charge in [-0.05, 0) is 49.3 Å². The Balaban J connectivity index is 1.35. The topological polar surface area (TPSA) is 56.3 Å². The number of likely N-dealkylation sites (tertiary alicyclic amines) is 1. The van der Waals surface area contributed by atoms with Crippen LogP contribution in [0.1, 0.15) is 38.7 Å². The lowest BCUT2D eigenvalue weighted by molar-refractivity contribution is -0.200. The molecule has 200 valence electrons. The molecule has 0 aromatic heterocycles. The molecule has 3 fully saturated rings. The van der Waals surface area contributed by atoms with Crippen molar-refractivity contribution in [3.8, 4) is 0 Å². The molecule has 3 aliphatic rings.